The maximum absolute atomic E-state index is 13.8. The molecule has 1 aromatic rings. The van der Waals surface area contributed by atoms with Crippen LogP contribution in [0.3, 0.4) is 0 Å². The average Bonchev–Trinajstić information content (AvgIpc) is 2.30. The van der Waals surface area contributed by atoms with Gasteiger partial charge in [-0.05, 0) is 49.9 Å². The Labute approximate surface area is 101 Å². The molecule has 0 amide bonds. The smallest absolute Gasteiger partial charge is 0.128 e. The van der Waals surface area contributed by atoms with Crippen molar-refractivity contribution in [2.24, 2.45) is 5.92 Å². The minimum Gasteiger partial charge on any atom is -0.317 e. The molecule has 1 aliphatic rings. The molecule has 0 saturated carbocycles. The minimum atomic E-state index is -0.168. The largest absolute Gasteiger partial charge is 0.317 e. The highest BCUT2D eigenvalue weighted by molar-refractivity contribution is 6.31. The highest BCUT2D eigenvalue weighted by atomic mass is 35.5. The maximum atomic E-state index is 13.8. The van der Waals surface area contributed by atoms with Gasteiger partial charge in [0.15, 0.2) is 0 Å². The first-order valence-electron chi connectivity index (χ1n) is 5.84. The second-order valence-corrected chi connectivity index (χ2v) is 4.92. The molecule has 1 fully saturated rings. The van der Waals surface area contributed by atoms with E-state index >= 15 is 0 Å². The standard InChI is InChI=1S/C13H17ClFN/c1-9(10-5-7-16-8-6-10)13-11(14)3-2-4-12(13)15/h2-4,9-10,16H,5-8H2,1H3. The first kappa shape index (κ1) is 11.9. The summed E-state index contributed by atoms with van der Waals surface area (Å²) in [5.41, 5.74) is 0.691. The molecule has 0 spiro atoms. The third-order valence-electron chi connectivity index (χ3n) is 3.55. The van der Waals surface area contributed by atoms with Crippen molar-refractivity contribution >= 4 is 11.6 Å². The van der Waals surface area contributed by atoms with Crippen LogP contribution < -0.4 is 5.32 Å². The van der Waals surface area contributed by atoms with E-state index in [1.54, 1.807) is 12.1 Å². The van der Waals surface area contributed by atoms with Crippen molar-refractivity contribution < 1.29 is 4.39 Å². The summed E-state index contributed by atoms with van der Waals surface area (Å²) in [5.74, 6) is 0.574. The first-order valence-corrected chi connectivity index (χ1v) is 6.22. The van der Waals surface area contributed by atoms with Gasteiger partial charge in [-0.3, -0.25) is 0 Å². The van der Waals surface area contributed by atoms with E-state index in [-0.39, 0.29) is 11.7 Å². The van der Waals surface area contributed by atoms with Crippen molar-refractivity contribution in [1.29, 1.82) is 0 Å². The van der Waals surface area contributed by atoms with E-state index in [2.05, 4.69) is 12.2 Å². The Kier molecular flexibility index (Phi) is 3.82. The number of piperidine rings is 1. The molecule has 1 aliphatic heterocycles. The summed E-state index contributed by atoms with van der Waals surface area (Å²) in [6.07, 6.45) is 2.21. The summed E-state index contributed by atoms with van der Waals surface area (Å²) in [7, 11) is 0. The van der Waals surface area contributed by atoms with Crippen LogP contribution in [0.15, 0.2) is 18.2 Å². The van der Waals surface area contributed by atoms with Crippen LogP contribution in [-0.2, 0) is 0 Å². The molecule has 88 valence electrons. The van der Waals surface area contributed by atoms with Crippen molar-refractivity contribution in [2.45, 2.75) is 25.7 Å². The summed E-state index contributed by atoms with van der Waals surface area (Å²) >= 11 is 6.09. The lowest BCUT2D eigenvalue weighted by Crippen LogP contribution is -2.30. The lowest BCUT2D eigenvalue weighted by atomic mass is 9.81. The Bertz CT molecular complexity index is 341. The fourth-order valence-corrected chi connectivity index (χ4v) is 2.86. The molecule has 0 bridgehead atoms. The number of halogens is 2. The summed E-state index contributed by atoms with van der Waals surface area (Å²) < 4.78 is 13.8. The van der Waals surface area contributed by atoms with Crippen molar-refractivity contribution in [2.75, 3.05) is 13.1 Å². The maximum Gasteiger partial charge on any atom is 0.128 e. The third-order valence-corrected chi connectivity index (χ3v) is 3.88. The molecule has 0 aromatic heterocycles. The van der Waals surface area contributed by atoms with E-state index in [0.29, 0.717) is 16.5 Å². The predicted molar refractivity (Wildman–Crippen MR) is 65.4 cm³/mol. The van der Waals surface area contributed by atoms with E-state index < -0.39 is 0 Å². The van der Waals surface area contributed by atoms with E-state index in [4.69, 9.17) is 11.6 Å². The summed E-state index contributed by atoms with van der Waals surface area (Å²) in [6, 6.07) is 4.94. The van der Waals surface area contributed by atoms with Crippen LogP contribution in [0.4, 0.5) is 4.39 Å². The normalized spacial score (nSPS) is 19.7. The highest BCUT2D eigenvalue weighted by Crippen LogP contribution is 2.35. The van der Waals surface area contributed by atoms with Gasteiger partial charge >= 0.3 is 0 Å². The summed E-state index contributed by atoms with van der Waals surface area (Å²) in [6.45, 7) is 4.14. The molecule has 3 heteroatoms. The molecule has 0 aliphatic carbocycles. The zero-order chi connectivity index (χ0) is 11.5. The molecule has 1 nitrogen and oxygen atoms in total. The van der Waals surface area contributed by atoms with Gasteiger partial charge < -0.3 is 5.32 Å². The van der Waals surface area contributed by atoms with Crippen LogP contribution in [0.2, 0.25) is 5.02 Å². The van der Waals surface area contributed by atoms with Gasteiger partial charge in [0.25, 0.3) is 0 Å². The van der Waals surface area contributed by atoms with Crippen molar-refractivity contribution in [3.05, 3.63) is 34.6 Å². The van der Waals surface area contributed by atoms with Crippen LogP contribution >= 0.6 is 11.6 Å². The Balaban J connectivity index is 2.22. The van der Waals surface area contributed by atoms with Gasteiger partial charge in [-0.1, -0.05) is 24.6 Å². The minimum absolute atomic E-state index is 0.168. The van der Waals surface area contributed by atoms with Crippen molar-refractivity contribution in [1.82, 2.24) is 5.32 Å². The molecule has 1 saturated heterocycles. The second-order valence-electron chi connectivity index (χ2n) is 4.51. The molecule has 2 rings (SSSR count). The fourth-order valence-electron chi connectivity index (χ4n) is 2.53. The number of rotatable bonds is 2. The van der Waals surface area contributed by atoms with Crippen LogP contribution in [0, 0.1) is 11.7 Å². The molecule has 1 atom stereocenters. The monoisotopic (exact) mass is 241 g/mol. The number of hydrogen-bond acceptors (Lipinski definition) is 1. The third kappa shape index (κ3) is 2.38. The molecule has 16 heavy (non-hydrogen) atoms. The van der Waals surface area contributed by atoms with Gasteiger partial charge in [-0.15, -0.1) is 0 Å². The van der Waals surface area contributed by atoms with Gasteiger partial charge in [-0.2, -0.15) is 0 Å². The topological polar surface area (TPSA) is 12.0 Å². The molecular weight excluding hydrogens is 225 g/mol. The van der Waals surface area contributed by atoms with Crippen LogP contribution in [0.5, 0.6) is 0 Å². The van der Waals surface area contributed by atoms with Crippen molar-refractivity contribution in [3.63, 3.8) is 0 Å². The summed E-state index contributed by atoms with van der Waals surface area (Å²) in [4.78, 5) is 0. The molecule has 1 unspecified atom stereocenters. The van der Waals surface area contributed by atoms with Gasteiger partial charge in [0.1, 0.15) is 5.82 Å². The molecule has 1 heterocycles. The Morgan fingerprint density at radius 3 is 2.69 bits per heavy atom. The lowest BCUT2D eigenvalue weighted by Gasteiger charge is -2.29. The zero-order valence-corrected chi connectivity index (χ0v) is 10.2. The van der Waals surface area contributed by atoms with E-state index in [1.807, 2.05) is 0 Å². The predicted octanol–water partition coefficient (Wildman–Crippen LogP) is 3.58. The van der Waals surface area contributed by atoms with Crippen LogP contribution in [0.25, 0.3) is 0 Å². The fraction of sp³-hybridized carbons (Fsp3) is 0.538. The SMILES string of the molecule is CC(c1c(F)cccc1Cl)C1CCNCC1. The van der Waals surface area contributed by atoms with E-state index in [9.17, 15) is 4.39 Å². The number of nitrogens with one attached hydrogen (secondary N) is 1. The molecule has 1 N–H and O–H groups in total. The Hall–Kier alpha value is -0.600. The number of hydrogen-bond donors (Lipinski definition) is 1. The lowest BCUT2D eigenvalue weighted by molar-refractivity contribution is 0.325. The Morgan fingerprint density at radius 1 is 1.38 bits per heavy atom. The number of benzene rings is 1. The average molecular weight is 242 g/mol. The quantitative estimate of drug-likeness (QED) is 0.835. The molecule has 0 radical (unpaired) electrons. The zero-order valence-electron chi connectivity index (χ0n) is 9.47. The molecule has 1 aromatic carbocycles. The van der Waals surface area contributed by atoms with E-state index in [1.165, 1.54) is 6.07 Å². The molecular formula is C13H17ClFN. The van der Waals surface area contributed by atoms with Gasteiger partial charge in [0.2, 0.25) is 0 Å². The van der Waals surface area contributed by atoms with Crippen molar-refractivity contribution in [3.8, 4) is 0 Å². The van der Waals surface area contributed by atoms with Crippen LogP contribution in [0.1, 0.15) is 31.2 Å². The second kappa shape index (κ2) is 5.15. The van der Waals surface area contributed by atoms with Gasteiger partial charge in [-0.25, -0.2) is 4.39 Å². The Morgan fingerprint density at radius 2 is 2.06 bits per heavy atom. The summed E-state index contributed by atoms with van der Waals surface area (Å²) in [5, 5.41) is 3.88. The first-order chi connectivity index (χ1) is 7.70. The van der Waals surface area contributed by atoms with Gasteiger partial charge in [0, 0.05) is 10.6 Å². The van der Waals surface area contributed by atoms with Gasteiger partial charge in [0.05, 0.1) is 0 Å². The van der Waals surface area contributed by atoms with Crippen LogP contribution in [-0.4, -0.2) is 13.1 Å². The highest BCUT2D eigenvalue weighted by Gasteiger charge is 2.24. The van der Waals surface area contributed by atoms with E-state index in [0.717, 1.165) is 25.9 Å².